The molecular formula is C17H12Cl2N2O3. The largest absolute Gasteiger partial charge is 0.493 e. The summed E-state index contributed by atoms with van der Waals surface area (Å²) in [5, 5.41) is 21.1. The van der Waals surface area contributed by atoms with Crippen LogP contribution < -0.4 is 4.74 Å². The lowest BCUT2D eigenvalue weighted by molar-refractivity contribution is 0.180. The number of hydrogen-bond acceptors (Lipinski definition) is 5. The van der Waals surface area contributed by atoms with Gasteiger partial charge in [-0.1, -0.05) is 29.3 Å². The van der Waals surface area contributed by atoms with Gasteiger partial charge in [-0.3, -0.25) is 4.98 Å². The van der Waals surface area contributed by atoms with Gasteiger partial charge in [0.25, 0.3) is 0 Å². The Morgan fingerprint density at radius 2 is 2.04 bits per heavy atom. The second-order valence-electron chi connectivity index (χ2n) is 5.12. The van der Waals surface area contributed by atoms with E-state index in [9.17, 15) is 5.11 Å². The zero-order valence-corrected chi connectivity index (χ0v) is 14.1. The summed E-state index contributed by atoms with van der Waals surface area (Å²) < 4.78 is 10.7. The second kappa shape index (κ2) is 6.70. The van der Waals surface area contributed by atoms with Gasteiger partial charge in [0.05, 0.1) is 23.3 Å². The van der Waals surface area contributed by atoms with Gasteiger partial charge in [-0.2, -0.15) is 5.26 Å². The van der Waals surface area contributed by atoms with Crippen LogP contribution in [0, 0.1) is 11.3 Å². The molecule has 2 heterocycles. The number of nitrogens with zero attached hydrogens (tertiary/aromatic N) is 2. The van der Waals surface area contributed by atoms with Gasteiger partial charge in [0.2, 0.25) is 5.76 Å². The molecule has 1 N–H and O–H groups in total. The van der Waals surface area contributed by atoms with Gasteiger partial charge < -0.3 is 14.3 Å². The van der Waals surface area contributed by atoms with Crippen molar-refractivity contribution in [2.75, 3.05) is 7.11 Å². The fourth-order valence-corrected chi connectivity index (χ4v) is 3.08. The first-order valence-corrected chi connectivity index (χ1v) is 7.77. The fraction of sp³-hybridized carbons (Fsp3) is 0.176. The van der Waals surface area contributed by atoms with Crippen molar-refractivity contribution in [2.24, 2.45) is 0 Å². The topological polar surface area (TPSA) is 79.3 Å². The van der Waals surface area contributed by atoms with Crippen molar-refractivity contribution in [3.8, 4) is 11.8 Å². The number of furan rings is 1. The average molecular weight is 363 g/mol. The van der Waals surface area contributed by atoms with E-state index in [1.54, 1.807) is 18.2 Å². The Hall–Kier alpha value is -2.26. The van der Waals surface area contributed by atoms with Crippen LogP contribution in [0.3, 0.4) is 0 Å². The smallest absolute Gasteiger partial charge is 0.205 e. The number of hydrogen-bond donors (Lipinski definition) is 1. The summed E-state index contributed by atoms with van der Waals surface area (Å²) in [5.74, 6) is 0.630. The van der Waals surface area contributed by atoms with E-state index in [1.807, 2.05) is 6.07 Å². The molecule has 0 fully saturated rings. The molecule has 2 aromatic heterocycles. The van der Waals surface area contributed by atoms with Crippen molar-refractivity contribution in [3.63, 3.8) is 0 Å². The maximum absolute atomic E-state index is 10.7. The van der Waals surface area contributed by atoms with Crippen molar-refractivity contribution in [1.29, 1.82) is 5.26 Å². The second-order valence-corrected chi connectivity index (χ2v) is 5.94. The molecule has 0 radical (unpaired) electrons. The molecule has 7 heteroatoms. The molecule has 1 aromatic carbocycles. The molecule has 3 rings (SSSR count). The summed E-state index contributed by atoms with van der Waals surface area (Å²) in [6.45, 7) is 0. The molecule has 122 valence electrons. The molecule has 0 amide bonds. The zero-order chi connectivity index (χ0) is 17.3. The van der Waals surface area contributed by atoms with E-state index in [1.165, 1.54) is 19.5 Å². The number of rotatable bonds is 4. The molecule has 5 nitrogen and oxygen atoms in total. The van der Waals surface area contributed by atoms with Crippen molar-refractivity contribution >= 4 is 34.2 Å². The van der Waals surface area contributed by atoms with E-state index in [4.69, 9.17) is 37.6 Å². The van der Waals surface area contributed by atoms with Crippen LogP contribution in [0.1, 0.15) is 23.0 Å². The summed E-state index contributed by atoms with van der Waals surface area (Å²) in [7, 11) is 1.51. The minimum atomic E-state index is -0.889. The molecule has 0 aliphatic rings. The number of aromatic nitrogens is 1. The van der Waals surface area contributed by atoms with E-state index in [-0.39, 0.29) is 12.2 Å². The Morgan fingerprint density at radius 3 is 2.67 bits per heavy atom. The van der Waals surface area contributed by atoms with E-state index >= 15 is 0 Å². The van der Waals surface area contributed by atoms with Crippen molar-refractivity contribution in [2.45, 2.75) is 12.5 Å². The van der Waals surface area contributed by atoms with Crippen LogP contribution in [-0.2, 0) is 6.42 Å². The van der Waals surface area contributed by atoms with Gasteiger partial charge >= 0.3 is 0 Å². The number of halogens is 2. The van der Waals surface area contributed by atoms with Crippen LogP contribution in [0.15, 0.2) is 35.0 Å². The molecule has 0 spiro atoms. The molecule has 0 saturated carbocycles. The Kier molecular flexibility index (Phi) is 4.63. The number of aliphatic hydroxyl groups is 1. The summed E-state index contributed by atoms with van der Waals surface area (Å²) in [4.78, 5) is 3.90. The summed E-state index contributed by atoms with van der Waals surface area (Å²) in [6.07, 6.45) is 2.27. The number of methoxy groups -OCH3 is 1. The lowest BCUT2D eigenvalue weighted by Gasteiger charge is -2.14. The van der Waals surface area contributed by atoms with Crippen LogP contribution >= 0.6 is 23.2 Å². The maximum Gasteiger partial charge on any atom is 0.205 e. The highest BCUT2D eigenvalue weighted by molar-refractivity contribution is 6.35. The van der Waals surface area contributed by atoms with Gasteiger partial charge in [-0.15, -0.1) is 0 Å². The van der Waals surface area contributed by atoms with Crippen LogP contribution in [0.25, 0.3) is 11.0 Å². The number of ether oxygens (including phenoxy) is 1. The normalized spacial score (nSPS) is 12.1. The number of pyridine rings is 1. The summed E-state index contributed by atoms with van der Waals surface area (Å²) >= 11 is 12.2. The van der Waals surface area contributed by atoms with Gasteiger partial charge in [0.15, 0.2) is 11.3 Å². The molecule has 3 aromatic rings. The first-order chi connectivity index (χ1) is 11.5. The van der Waals surface area contributed by atoms with Gasteiger partial charge in [0.1, 0.15) is 6.07 Å². The van der Waals surface area contributed by atoms with Gasteiger partial charge in [-0.25, -0.2) is 0 Å². The summed E-state index contributed by atoms with van der Waals surface area (Å²) in [6, 6.07) is 6.93. The molecule has 0 aliphatic carbocycles. The standard InChI is InChI=1S/C17H12Cl2N2O3/c1-23-16-3-2-10(11-4-9(6-20)24-17(11)16)15(22)5-12-13(18)7-21-8-14(12)19/h2-4,7-8,15,22H,5H2,1H3. The molecule has 0 saturated heterocycles. The first kappa shape index (κ1) is 16.6. The van der Waals surface area contributed by atoms with E-state index in [0.717, 1.165) is 0 Å². The summed E-state index contributed by atoms with van der Waals surface area (Å²) in [5.41, 5.74) is 1.62. The molecule has 0 aliphatic heterocycles. The van der Waals surface area contributed by atoms with Crippen LogP contribution in [-0.4, -0.2) is 17.2 Å². The van der Waals surface area contributed by atoms with Gasteiger partial charge in [0, 0.05) is 30.3 Å². The number of benzene rings is 1. The van der Waals surface area contributed by atoms with Gasteiger partial charge in [-0.05, 0) is 17.2 Å². The molecule has 1 atom stereocenters. The predicted molar refractivity (Wildman–Crippen MR) is 90.4 cm³/mol. The minimum absolute atomic E-state index is 0.142. The number of aliphatic hydroxyl groups excluding tert-OH is 1. The van der Waals surface area contributed by atoms with Crippen molar-refractivity contribution in [3.05, 3.63) is 57.5 Å². The number of nitriles is 1. The van der Waals surface area contributed by atoms with Crippen LogP contribution in [0.5, 0.6) is 5.75 Å². The third-order valence-corrected chi connectivity index (χ3v) is 4.37. The SMILES string of the molecule is COc1ccc(C(O)Cc2c(Cl)cncc2Cl)c2cc(C#N)oc12. The Morgan fingerprint density at radius 1 is 1.33 bits per heavy atom. The molecule has 24 heavy (non-hydrogen) atoms. The van der Waals surface area contributed by atoms with E-state index in [2.05, 4.69) is 4.98 Å². The van der Waals surface area contributed by atoms with Crippen LogP contribution in [0.2, 0.25) is 10.0 Å². The quantitative estimate of drug-likeness (QED) is 0.748. The van der Waals surface area contributed by atoms with E-state index < -0.39 is 6.10 Å². The van der Waals surface area contributed by atoms with Crippen LogP contribution in [0.4, 0.5) is 0 Å². The highest BCUT2D eigenvalue weighted by Gasteiger charge is 2.20. The van der Waals surface area contributed by atoms with Crippen molar-refractivity contribution < 1.29 is 14.3 Å². The van der Waals surface area contributed by atoms with E-state index in [0.29, 0.717) is 37.9 Å². The predicted octanol–water partition coefficient (Wildman–Crippen LogP) is 4.29. The Bertz CT molecular complexity index is 927. The molecular weight excluding hydrogens is 351 g/mol. The highest BCUT2D eigenvalue weighted by atomic mass is 35.5. The third-order valence-electron chi connectivity index (χ3n) is 3.72. The Labute approximate surface area is 148 Å². The molecule has 1 unspecified atom stereocenters. The zero-order valence-electron chi connectivity index (χ0n) is 12.6. The Balaban J connectivity index is 2.06. The number of fused-ring (bicyclic) bond motifs is 1. The van der Waals surface area contributed by atoms with Crippen molar-refractivity contribution in [1.82, 2.24) is 4.98 Å². The maximum atomic E-state index is 10.7. The minimum Gasteiger partial charge on any atom is -0.493 e. The fourth-order valence-electron chi connectivity index (χ4n) is 2.56. The highest BCUT2D eigenvalue weighted by Crippen LogP contribution is 2.36. The lowest BCUT2D eigenvalue weighted by atomic mass is 9.98. The monoisotopic (exact) mass is 362 g/mol. The molecule has 0 bridgehead atoms. The first-order valence-electron chi connectivity index (χ1n) is 7.01. The third kappa shape index (κ3) is 2.92. The lowest BCUT2D eigenvalue weighted by Crippen LogP contribution is -2.04. The average Bonchev–Trinajstić information content (AvgIpc) is 3.01.